The Kier molecular flexibility index (Phi) is 5.21. The highest BCUT2D eigenvalue weighted by atomic mass is 19.1. The number of rotatable bonds is 6. The number of nitrogens with zero attached hydrogens (tertiary/aromatic N) is 2. The maximum Gasteiger partial charge on any atom is 0.255 e. The highest BCUT2D eigenvalue weighted by Crippen LogP contribution is 2.39. The number of nitrogens with one attached hydrogen (secondary N) is 1. The van der Waals surface area contributed by atoms with Gasteiger partial charge >= 0.3 is 0 Å². The maximum absolute atomic E-state index is 14.1. The second-order valence-electron chi connectivity index (χ2n) is 7.21. The van der Waals surface area contributed by atoms with Crippen molar-refractivity contribution < 1.29 is 19.0 Å². The largest absolute Gasteiger partial charge is 0.508 e. The van der Waals surface area contributed by atoms with Crippen molar-refractivity contribution in [3.05, 3.63) is 71.7 Å². The lowest BCUT2D eigenvalue weighted by Crippen LogP contribution is -2.20. The number of benzene rings is 2. The van der Waals surface area contributed by atoms with Crippen LogP contribution in [0.2, 0.25) is 0 Å². The Bertz CT molecular complexity index is 1280. The van der Waals surface area contributed by atoms with Crippen LogP contribution in [0, 0.1) is 19.7 Å². The van der Waals surface area contributed by atoms with Gasteiger partial charge in [-0.2, -0.15) is 0 Å². The Labute approximate surface area is 177 Å². The predicted molar refractivity (Wildman–Crippen MR) is 116 cm³/mol. The van der Waals surface area contributed by atoms with E-state index in [1.807, 2.05) is 32.0 Å². The summed E-state index contributed by atoms with van der Waals surface area (Å²) in [5.41, 5.74) is 9.58. The molecule has 0 aliphatic carbocycles. The standard InChI is InChI=1S/C23H21FN4O3/c1-13-4-3-5-14(2)21(13)27-23-22(26-20-9-6-15(24)11-28(20)23)17-8-7-16(29)10-18(17)31-12-19(25)30/h3-11,27,29H,12H2,1-2H3,(H2,25,30). The molecule has 0 radical (unpaired) electrons. The minimum absolute atomic E-state index is 0.0395. The number of carbonyl (C=O) groups excluding carboxylic acids is 1. The van der Waals surface area contributed by atoms with E-state index >= 15 is 0 Å². The number of pyridine rings is 1. The van der Waals surface area contributed by atoms with Gasteiger partial charge in [-0.25, -0.2) is 9.37 Å². The summed E-state index contributed by atoms with van der Waals surface area (Å²) in [6.07, 6.45) is 1.34. The molecule has 0 unspecified atom stereocenters. The number of phenols is 1. The monoisotopic (exact) mass is 420 g/mol. The van der Waals surface area contributed by atoms with Gasteiger partial charge in [0.1, 0.15) is 34.5 Å². The minimum Gasteiger partial charge on any atom is -0.508 e. The van der Waals surface area contributed by atoms with Crippen molar-refractivity contribution in [2.75, 3.05) is 11.9 Å². The molecule has 2 aromatic carbocycles. The third-order valence-electron chi connectivity index (χ3n) is 4.90. The molecule has 0 atom stereocenters. The number of para-hydroxylation sites is 1. The van der Waals surface area contributed by atoms with Crippen molar-refractivity contribution in [3.63, 3.8) is 0 Å². The van der Waals surface area contributed by atoms with Crippen LogP contribution < -0.4 is 15.8 Å². The quantitative estimate of drug-likeness (QED) is 0.436. The third kappa shape index (κ3) is 4.00. The van der Waals surface area contributed by atoms with Crippen LogP contribution >= 0.6 is 0 Å². The number of fused-ring (bicyclic) bond motifs is 1. The number of anilines is 2. The normalized spacial score (nSPS) is 10.9. The first-order valence-corrected chi connectivity index (χ1v) is 9.59. The van der Waals surface area contributed by atoms with Crippen LogP contribution in [-0.2, 0) is 4.79 Å². The molecule has 8 heteroatoms. The fourth-order valence-electron chi connectivity index (χ4n) is 3.43. The summed E-state index contributed by atoms with van der Waals surface area (Å²) in [5.74, 6) is -0.367. The average Bonchev–Trinajstić information content (AvgIpc) is 3.06. The smallest absolute Gasteiger partial charge is 0.255 e. The van der Waals surface area contributed by atoms with Crippen LogP contribution in [0.4, 0.5) is 15.9 Å². The minimum atomic E-state index is -0.653. The lowest BCUT2D eigenvalue weighted by molar-refractivity contribution is -0.119. The van der Waals surface area contributed by atoms with Crippen molar-refractivity contribution in [3.8, 4) is 22.8 Å². The second kappa shape index (κ2) is 7.98. The van der Waals surface area contributed by atoms with Crippen molar-refractivity contribution >= 4 is 23.1 Å². The Morgan fingerprint density at radius 3 is 2.65 bits per heavy atom. The zero-order valence-corrected chi connectivity index (χ0v) is 17.0. The summed E-state index contributed by atoms with van der Waals surface area (Å²) in [6, 6.07) is 13.3. The summed E-state index contributed by atoms with van der Waals surface area (Å²) in [5, 5.41) is 13.3. The van der Waals surface area contributed by atoms with E-state index in [2.05, 4.69) is 10.3 Å². The van der Waals surface area contributed by atoms with E-state index in [-0.39, 0.29) is 18.1 Å². The number of aromatic nitrogens is 2. The molecule has 4 aromatic rings. The van der Waals surface area contributed by atoms with Gasteiger partial charge in [0.05, 0.1) is 0 Å². The SMILES string of the molecule is Cc1cccc(C)c1Nc1c(-c2ccc(O)cc2OCC(N)=O)nc2ccc(F)cn12. The number of amides is 1. The number of hydrogen-bond acceptors (Lipinski definition) is 5. The molecule has 4 rings (SSSR count). The summed E-state index contributed by atoms with van der Waals surface area (Å²) in [6.45, 7) is 3.58. The average molecular weight is 420 g/mol. The first-order chi connectivity index (χ1) is 14.8. The van der Waals surface area contributed by atoms with Crippen molar-refractivity contribution in [1.29, 1.82) is 0 Å². The molecule has 2 aromatic heterocycles. The van der Waals surface area contributed by atoms with Gasteiger partial charge in [-0.05, 0) is 49.2 Å². The zero-order chi connectivity index (χ0) is 22.1. The lowest BCUT2D eigenvalue weighted by atomic mass is 10.1. The lowest BCUT2D eigenvalue weighted by Gasteiger charge is -2.15. The van der Waals surface area contributed by atoms with Gasteiger partial charge in [0, 0.05) is 23.5 Å². The summed E-state index contributed by atoms with van der Waals surface area (Å²) in [4.78, 5) is 15.9. The number of aromatic hydroxyl groups is 1. The highest BCUT2D eigenvalue weighted by molar-refractivity contribution is 5.84. The zero-order valence-electron chi connectivity index (χ0n) is 17.0. The van der Waals surface area contributed by atoms with Gasteiger partial charge in [-0.1, -0.05) is 18.2 Å². The van der Waals surface area contributed by atoms with Gasteiger partial charge < -0.3 is 20.9 Å². The molecule has 31 heavy (non-hydrogen) atoms. The number of ether oxygens (including phenoxy) is 1. The fraction of sp³-hybridized carbons (Fsp3) is 0.130. The van der Waals surface area contributed by atoms with Gasteiger partial charge in [-0.15, -0.1) is 0 Å². The molecule has 158 valence electrons. The number of carbonyl (C=O) groups is 1. The fourth-order valence-corrected chi connectivity index (χ4v) is 3.43. The van der Waals surface area contributed by atoms with E-state index in [9.17, 15) is 14.3 Å². The molecule has 4 N–H and O–H groups in total. The van der Waals surface area contributed by atoms with E-state index in [0.29, 0.717) is 22.7 Å². The number of nitrogens with two attached hydrogens (primary N) is 1. The molecule has 0 bridgehead atoms. The number of phenolic OH excluding ortho intramolecular Hbond substituents is 1. The molecule has 7 nitrogen and oxygen atoms in total. The van der Waals surface area contributed by atoms with Gasteiger partial charge in [-0.3, -0.25) is 9.20 Å². The van der Waals surface area contributed by atoms with Crippen LogP contribution in [-0.4, -0.2) is 27.0 Å². The number of aryl methyl sites for hydroxylation is 2. The van der Waals surface area contributed by atoms with E-state index in [1.54, 1.807) is 16.5 Å². The molecule has 0 fully saturated rings. The Morgan fingerprint density at radius 2 is 1.94 bits per heavy atom. The van der Waals surface area contributed by atoms with E-state index in [4.69, 9.17) is 10.5 Å². The second-order valence-corrected chi connectivity index (χ2v) is 7.21. The predicted octanol–water partition coefficient (Wildman–Crippen LogP) is 4.07. The Balaban J connectivity index is 1.93. The van der Waals surface area contributed by atoms with Crippen molar-refractivity contribution in [2.24, 2.45) is 5.73 Å². The molecular weight excluding hydrogens is 399 g/mol. The van der Waals surface area contributed by atoms with Gasteiger partial charge in [0.2, 0.25) is 0 Å². The number of hydrogen-bond donors (Lipinski definition) is 3. The third-order valence-corrected chi connectivity index (χ3v) is 4.90. The Morgan fingerprint density at radius 1 is 1.19 bits per heavy atom. The van der Waals surface area contributed by atoms with Crippen LogP contribution in [0.3, 0.4) is 0 Å². The number of primary amides is 1. The van der Waals surface area contributed by atoms with Crippen LogP contribution in [0.15, 0.2) is 54.7 Å². The van der Waals surface area contributed by atoms with Crippen molar-refractivity contribution in [1.82, 2.24) is 9.38 Å². The molecule has 2 heterocycles. The maximum atomic E-state index is 14.1. The van der Waals surface area contributed by atoms with E-state index < -0.39 is 11.7 Å². The van der Waals surface area contributed by atoms with Crippen LogP contribution in [0.5, 0.6) is 11.5 Å². The van der Waals surface area contributed by atoms with E-state index in [1.165, 1.54) is 24.4 Å². The number of imidazole rings is 1. The summed E-state index contributed by atoms with van der Waals surface area (Å²) in [7, 11) is 0. The molecule has 0 saturated heterocycles. The van der Waals surface area contributed by atoms with Crippen LogP contribution in [0.25, 0.3) is 16.9 Å². The first kappa shape index (κ1) is 20.2. The van der Waals surface area contributed by atoms with Crippen molar-refractivity contribution in [2.45, 2.75) is 13.8 Å². The van der Waals surface area contributed by atoms with Gasteiger partial charge in [0.15, 0.2) is 6.61 Å². The van der Waals surface area contributed by atoms with Crippen LogP contribution in [0.1, 0.15) is 11.1 Å². The molecular formula is C23H21FN4O3. The summed E-state index contributed by atoms with van der Waals surface area (Å²) >= 11 is 0. The molecule has 0 aliphatic rings. The molecule has 0 aliphatic heterocycles. The number of halogens is 1. The molecule has 0 saturated carbocycles. The molecule has 0 spiro atoms. The first-order valence-electron chi connectivity index (χ1n) is 9.59. The van der Waals surface area contributed by atoms with Gasteiger partial charge in [0.25, 0.3) is 5.91 Å². The summed E-state index contributed by atoms with van der Waals surface area (Å²) < 4.78 is 21.2. The topological polar surface area (TPSA) is 102 Å². The van der Waals surface area contributed by atoms with E-state index in [0.717, 1.165) is 16.8 Å². The highest BCUT2D eigenvalue weighted by Gasteiger charge is 2.20. The molecule has 1 amide bonds. The Hall–Kier alpha value is -4.07.